The molecule has 1 aliphatic rings. The Labute approximate surface area is 165 Å². The number of benzene rings is 1. The fourth-order valence-corrected chi connectivity index (χ4v) is 2.46. The summed E-state index contributed by atoms with van der Waals surface area (Å²) in [4.78, 5) is 4.19. The van der Waals surface area contributed by atoms with Gasteiger partial charge in [0.2, 0.25) is 0 Å². The van der Waals surface area contributed by atoms with Crippen molar-refractivity contribution in [2.24, 2.45) is 10.9 Å². The lowest BCUT2D eigenvalue weighted by molar-refractivity contribution is 0.123. The topological polar surface area (TPSA) is 45.7 Å². The van der Waals surface area contributed by atoms with Crippen molar-refractivity contribution >= 4 is 53.1 Å². The quantitative estimate of drug-likeness (QED) is 0.260. The molecule has 2 rings (SSSR count). The maximum atomic E-state index is 6.15. The molecule has 0 unspecified atom stereocenters. The van der Waals surface area contributed by atoms with Crippen LogP contribution in [-0.2, 0) is 11.3 Å². The Morgan fingerprint density at radius 3 is 2.74 bits per heavy atom. The number of hydrogen-bond donors (Lipinski definition) is 2. The molecule has 0 aliphatic heterocycles. The molecule has 2 N–H and O–H groups in total. The van der Waals surface area contributed by atoms with Gasteiger partial charge < -0.3 is 15.4 Å². The highest BCUT2D eigenvalue weighted by Gasteiger charge is 2.20. The van der Waals surface area contributed by atoms with E-state index in [2.05, 4.69) is 15.6 Å². The number of aliphatic imine (C=N–C) groups is 1. The second-order valence-electron chi connectivity index (χ2n) is 5.46. The molecular formula is C16H24Cl2IN3O. The first-order valence-corrected chi connectivity index (χ1v) is 8.41. The molecule has 1 fully saturated rings. The highest BCUT2D eigenvalue weighted by Crippen LogP contribution is 2.28. The van der Waals surface area contributed by atoms with Crippen LogP contribution in [0.5, 0.6) is 0 Å². The van der Waals surface area contributed by atoms with Crippen molar-refractivity contribution in [2.75, 3.05) is 26.8 Å². The Bertz CT molecular complexity index is 510. The van der Waals surface area contributed by atoms with Gasteiger partial charge in [0, 0.05) is 43.4 Å². The fourth-order valence-electron chi connectivity index (χ4n) is 1.98. The fraction of sp³-hybridized carbons (Fsp3) is 0.562. The highest BCUT2D eigenvalue weighted by molar-refractivity contribution is 14.0. The standard InChI is InChI=1S/C16H23Cl2N3O.HI/c1-19-16(20-7-2-8-22-11-12-3-4-12)21-10-13-5-6-14(17)9-15(13)18;/h5-6,9,12H,2-4,7-8,10-11H2,1H3,(H2,19,20,21);1H. The molecule has 0 saturated heterocycles. The Morgan fingerprint density at radius 2 is 2.09 bits per heavy atom. The van der Waals surface area contributed by atoms with Crippen molar-refractivity contribution in [3.05, 3.63) is 33.8 Å². The second-order valence-corrected chi connectivity index (χ2v) is 6.30. The maximum Gasteiger partial charge on any atom is 0.191 e. The van der Waals surface area contributed by atoms with E-state index in [0.717, 1.165) is 43.6 Å². The third kappa shape index (κ3) is 8.42. The van der Waals surface area contributed by atoms with Gasteiger partial charge in [-0.2, -0.15) is 0 Å². The molecular weight excluding hydrogens is 448 g/mol. The minimum absolute atomic E-state index is 0. The molecule has 1 aliphatic carbocycles. The van der Waals surface area contributed by atoms with Crippen molar-refractivity contribution < 1.29 is 4.74 Å². The van der Waals surface area contributed by atoms with Gasteiger partial charge in [0.1, 0.15) is 0 Å². The number of halogens is 3. The van der Waals surface area contributed by atoms with Gasteiger partial charge in [-0.05, 0) is 42.9 Å². The van der Waals surface area contributed by atoms with Crippen LogP contribution in [-0.4, -0.2) is 32.8 Å². The Balaban J connectivity index is 0.00000264. The number of hydrogen-bond acceptors (Lipinski definition) is 2. The number of nitrogens with zero attached hydrogens (tertiary/aromatic N) is 1. The smallest absolute Gasteiger partial charge is 0.191 e. The van der Waals surface area contributed by atoms with Crippen molar-refractivity contribution in [2.45, 2.75) is 25.8 Å². The van der Waals surface area contributed by atoms with E-state index in [9.17, 15) is 0 Å². The van der Waals surface area contributed by atoms with Crippen LogP contribution in [0.3, 0.4) is 0 Å². The molecule has 0 atom stereocenters. The van der Waals surface area contributed by atoms with Gasteiger partial charge in [-0.1, -0.05) is 29.3 Å². The van der Waals surface area contributed by atoms with E-state index in [1.807, 2.05) is 12.1 Å². The maximum absolute atomic E-state index is 6.15. The number of rotatable bonds is 8. The summed E-state index contributed by atoms with van der Waals surface area (Å²) in [6.45, 7) is 3.15. The largest absolute Gasteiger partial charge is 0.381 e. The van der Waals surface area contributed by atoms with Gasteiger partial charge in [0.25, 0.3) is 0 Å². The average molecular weight is 472 g/mol. The van der Waals surface area contributed by atoms with Crippen LogP contribution in [0.4, 0.5) is 0 Å². The van der Waals surface area contributed by atoms with Crippen LogP contribution in [0.25, 0.3) is 0 Å². The first kappa shape index (κ1) is 20.8. The molecule has 4 nitrogen and oxygen atoms in total. The third-order valence-electron chi connectivity index (χ3n) is 3.49. The van der Waals surface area contributed by atoms with Crippen molar-refractivity contribution in [3.63, 3.8) is 0 Å². The molecule has 0 bridgehead atoms. The minimum Gasteiger partial charge on any atom is -0.381 e. The number of nitrogens with one attached hydrogen (secondary N) is 2. The van der Waals surface area contributed by atoms with Crippen LogP contribution in [0, 0.1) is 5.92 Å². The lowest BCUT2D eigenvalue weighted by Gasteiger charge is -2.13. The molecule has 0 heterocycles. The summed E-state index contributed by atoms with van der Waals surface area (Å²) in [5.74, 6) is 1.58. The van der Waals surface area contributed by atoms with Crippen molar-refractivity contribution in [3.8, 4) is 0 Å². The summed E-state index contributed by atoms with van der Waals surface area (Å²) in [6, 6.07) is 5.49. The summed E-state index contributed by atoms with van der Waals surface area (Å²) >= 11 is 12.0. The van der Waals surface area contributed by atoms with E-state index in [0.29, 0.717) is 16.6 Å². The van der Waals surface area contributed by atoms with Gasteiger partial charge in [0.15, 0.2) is 5.96 Å². The summed E-state index contributed by atoms with van der Waals surface area (Å²) < 4.78 is 5.60. The summed E-state index contributed by atoms with van der Waals surface area (Å²) in [5.41, 5.74) is 0.988. The normalized spacial score (nSPS) is 14.3. The average Bonchev–Trinajstić information content (AvgIpc) is 3.31. The summed E-state index contributed by atoms with van der Waals surface area (Å²) in [5, 5.41) is 7.80. The third-order valence-corrected chi connectivity index (χ3v) is 4.08. The molecule has 1 saturated carbocycles. The Kier molecular flexibility index (Phi) is 10.3. The van der Waals surface area contributed by atoms with E-state index in [-0.39, 0.29) is 24.0 Å². The van der Waals surface area contributed by atoms with Crippen LogP contribution < -0.4 is 10.6 Å². The Morgan fingerprint density at radius 1 is 1.30 bits per heavy atom. The van der Waals surface area contributed by atoms with E-state index in [4.69, 9.17) is 27.9 Å². The van der Waals surface area contributed by atoms with Crippen molar-refractivity contribution in [1.82, 2.24) is 10.6 Å². The van der Waals surface area contributed by atoms with E-state index < -0.39 is 0 Å². The van der Waals surface area contributed by atoms with Gasteiger partial charge in [-0.15, -0.1) is 24.0 Å². The van der Waals surface area contributed by atoms with E-state index >= 15 is 0 Å². The predicted octanol–water partition coefficient (Wildman–Crippen LogP) is 4.09. The Hall–Kier alpha value is -0.240. The summed E-state index contributed by atoms with van der Waals surface area (Å²) in [7, 11) is 1.75. The van der Waals surface area contributed by atoms with Gasteiger partial charge in [-0.3, -0.25) is 4.99 Å². The lowest BCUT2D eigenvalue weighted by atomic mass is 10.2. The van der Waals surface area contributed by atoms with Crippen LogP contribution in [0.1, 0.15) is 24.8 Å². The van der Waals surface area contributed by atoms with Gasteiger partial charge in [-0.25, -0.2) is 0 Å². The predicted molar refractivity (Wildman–Crippen MR) is 108 cm³/mol. The molecule has 0 radical (unpaired) electrons. The minimum atomic E-state index is 0. The zero-order chi connectivity index (χ0) is 15.8. The SMILES string of the molecule is CN=C(NCCCOCC1CC1)NCc1ccc(Cl)cc1Cl.I. The van der Waals surface area contributed by atoms with Gasteiger partial charge in [0.05, 0.1) is 0 Å². The molecule has 7 heteroatoms. The molecule has 0 spiro atoms. The monoisotopic (exact) mass is 471 g/mol. The zero-order valence-electron chi connectivity index (χ0n) is 13.3. The first-order valence-electron chi connectivity index (χ1n) is 7.65. The molecule has 1 aromatic rings. The molecule has 23 heavy (non-hydrogen) atoms. The number of guanidine groups is 1. The molecule has 130 valence electrons. The van der Waals surface area contributed by atoms with E-state index in [1.165, 1.54) is 12.8 Å². The lowest BCUT2D eigenvalue weighted by Crippen LogP contribution is -2.37. The van der Waals surface area contributed by atoms with Gasteiger partial charge >= 0.3 is 0 Å². The van der Waals surface area contributed by atoms with Crippen LogP contribution in [0.15, 0.2) is 23.2 Å². The number of ether oxygens (including phenoxy) is 1. The molecule has 0 aromatic heterocycles. The zero-order valence-corrected chi connectivity index (χ0v) is 17.1. The summed E-state index contributed by atoms with van der Waals surface area (Å²) in [6.07, 6.45) is 3.64. The molecule has 0 amide bonds. The second kappa shape index (κ2) is 11.3. The van der Waals surface area contributed by atoms with Crippen LogP contribution in [0.2, 0.25) is 10.0 Å². The first-order chi connectivity index (χ1) is 10.7. The van der Waals surface area contributed by atoms with Crippen molar-refractivity contribution in [1.29, 1.82) is 0 Å². The van der Waals surface area contributed by atoms with E-state index in [1.54, 1.807) is 13.1 Å². The highest BCUT2D eigenvalue weighted by atomic mass is 127. The molecule has 1 aromatic carbocycles. The van der Waals surface area contributed by atoms with Crippen LogP contribution >= 0.6 is 47.2 Å².